The lowest BCUT2D eigenvalue weighted by molar-refractivity contribution is 1.04. The van der Waals surface area contributed by atoms with Crippen LogP contribution < -0.4 is 5.73 Å². The minimum absolute atomic E-state index is 0.276. The highest BCUT2D eigenvalue weighted by molar-refractivity contribution is 5.24. The second-order valence-electron chi connectivity index (χ2n) is 3.01. The van der Waals surface area contributed by atoms with Gasteiger partial charge in [-0.3, -0.25) is 0 Å². The molecular formula is C11H10N3. The summed E-state index contributed by atoms with van der Waals surface area (Å²) in [6.07, 6.45) is 3.48. The van der Waals surface area contributed by atoms with Crippen LogP contribution in [-0.4, -0.2) is 9.97 Å². The van der Waals surface area contributed by atoms with Crippen LogP contribution in [0.5, 0.6) is 0 Å². The number of nitrogen functional groups attached to an aromatic ring is 1. The van der Waals surface area contributed by atoms with Gasteiger partial charge in [-0.25, -0.2) is 9.97 Å². The first-order valence-electron chi connectivity index (χ1n) is 4.38. The van der Waals surface area contributed by atoms with Crippen molar-refractivity contribution in [1.29, 1.82) is 0 Å². The molecule has 0 saturated carbocycles. The zero-order valence-electron chi connectivity index (χ0n) is 7.64. The number of rotatable bonds is 2. The van der Waals surface area contributed by atoms with Crippen molar-refractivity contribution in [2.45, 2.75) is 6.42 Å². The molecule has 14 heavy (non-hydrogen) atoms. The van der Waals surface area contributed by atoms with Crippen LogP contribution >= 0.6 is 0 Å². The minimum Gasteiger partial charge on any atom is -0.368 e. The normalized spacial score (nSPS) is 10.0. The molecule has 2 aromatic rings. The molecule has 2 rings (SSSR count). The molecule has 1 aromatic carbocycles. The Morgan fingerprint density at radius 3 is 2.71 bits per heavy atom. The lowest BCUT2D eigenvalue weighted by atomic mass is 10.1. The third-order valence-corrected chi connectivity index (χ3v) is 1.90. The first kappa shape index (κ1) is 8.69. The van der Waals surface area contributed by atoms with E-state index < -0.39 is 0 Å². The third-order valence-electron chi connectivity index (χ3n) is 1.90. The van der Waals surface area contributed by atoms with Crippen LogP contribution in [0, 0.1) is 6.20 Å². The van der Waals surface area contributed by atoms with Crippen molar-refractivity contribution in [2.75, 3.05) is 5.73 Å². The Bertz CT molecular complexity index is 412. The van der Waals surface area contributed by atoms with Crippen LogP contribution in [0.4, 0.5) is 5.95 Å². The van der Waals surface area contributed by atoms with Gasteiger partial charge in [0, 0.05) is 6.42 Å². The van der Waals surface area contributed by atoms with Gasteiger partial charge in [-0.2, -0.15) is 0 Å². The zero-order valence-corrected chi connectivity index (χ0v) is 7.64. The average molecular weight is 184 g/mol. The van der Waals surface area contributed by atoms with E-state index in [0.717, 1.165) is 12.1 Å². The van der Waals surface area contributed by atoms with E-state index in [-0.39, 0.29) is 5.95 Å². The van der Waals surface area contributed by atoms with Crippen molar-refractivity contribution in [3.63, 3.8) is 0 Å². The minimum atomic E-state index is 0.276. The Hall–Kier alpha value is -1.90. The molecule has 0 amide bonds. The Labute approximate surface area is 82.6 Å². The van der Waals surface area contributed by atoms with Gasteiger partial charge in [0.05, 0.1) is 11.9 Å². The van der Waals surface area contributed by atoms with Crippen LogP contribution in [-0.2, 0) is 6.42 Å². The van der Waals surface area contributed by atoms with Gasteiger partial charge in [0.25, 0.3) is 0 Å². The molecule has 0 spiro atoms. The monoisotopic (exact) mass is 184 g/mol. The summed E-state index contributed by atoms with van der Waals surface area (Å²) in [5.74, 6) is 0.276. The molecule has 0 aliphatic rings. The molecule has 69 valence electrons. The molecule has 0 aliphatic carbocycles. The molecule has 3 nitrogen and oxygen atoms in total. The zero-order chi connectivity index (χ0) is 9.80. The summed E-state index contributed by atoms with van der Waals surface area (Å²) in [4.78, 5) is 7.83. The van der Waals surface area contributed by atoms with Gasteiger partial charge >= 0.3 is 0 Å². The second kappa shape index (κ2) is 3.87. The van der Waals surface area contributed by atoms with Gasteiger partial charge in [0.1, 0.15) is 0 Å². The SMILES string of the molecule is Nc1n[c]cc(Cc2ccccc2)n1. The predicted octanol–water partition coefficient (Wildman–Crippen LogP) is 1.45. The van der Waals surface area contributed by atoms with Crippen LogP contribution in [0.15, 0.2) is 36.4 Å². The molecule has 1 radical (unpaired) electrons. The fourth-order valence-electron chi connectivity index (χ4n) is 1.27. The molecular weight excluding hydrogens is 174 g/mol. The number of aromatic nitrogens is 2. The Balaban J connectivity index is 2.19. The smallest absolute Gasteiger partial charge is 0.220 e. The summed E-state index contributed by atoms with van der Waals surface area (Å²) in [6, 6.07) is 11.9. The summed E-state index contributed by atoms with van der Waals surface area (Å²) in [7, 11) is 0. The van der Waals surface area contributed by atoms with Crippen LogP contribution in [0.2, 0.25) is 0 Å². The number of nitrogens with zero attached hydrogens (tertiary/aromatic N) is 2. The lowest BCUT2D eigenvalue weighted by Gasteiger charge is -2.00. The maximum absolute atomic E-state index is 5.46. The summed E-state index contributed by atoms with van der Waals surface area (Å²) >= 11 is 0. The molecule has 0 aliphatic heterocycles. The number of anilines is 1. The summed E-state index contributed by atoms with van der Waals surface area (Å²) in [5, 5.41) is 0. The Morgan fingerprint density at radius 1 is 1.21 bits per heavy atom. The maximum atomic E-state index is 5.46. The second-order valence-corrected chi connectivity index (χ2v) is 3.01. The van der Waals surface area contributed by atoms with Crippen LogP contribution in [0.3, 0.4) is 0 Å². The van der Waals surface area contributed by atoms with Crippen molar-refractivity contribution < 1.29 is 0 Å². The molecule has 0 unspecified atom stereocenters. The van der Waals surface area contributed by atoms with Gasteiger partial charge in [-0.05, 0) is 11.6 Å². The molecule has 1 heterocycles. The number of nitrogens with two attached hydrogens (primary N) is 1. The van der Waals surface area contributed by atoms with Crippen molar-refractivity contribution in [1.82, 2.24) is 9.97 Å². The van der Waals surface area contributed by atoms with Gasteiger partial charge in [-0.1, -0.05) is 30.3 Å². The molecule has 1 aromatic heterocycles. The van der Waals surface area contributed by atoms with E-state index in [0.29, 0.717) is 0 Å². The van der Waals surface area contributed by atoms with Gasteiger partial charge in [0.2, 0.25) is 5.95 Å². The Morgan fingerprint density at radius 2 is 2.00 bits per heavy atom. The van der Waals surface area contributed by atoms with E-state index in [4.69, 9.17) is 5.73 Å². The van der Waals surface area contributed by atoms with Crippen LogP contribution in [0.25, 0.3) is 0 Å². The van der Waals surface area contributed by atoms with E-state index in [1.54, 1.807) is 6.07 Å². The summed E-state index contributed by atoms with van der Waals surface area (Å²) < 4.78 is 0. The molecule has 0 atom stereocenters. The fraction of sp³-hybridized carbons (Fsp3) is 0.0909. The van der Waals surface area contributed by atoms with Crippen molar-refractivity contribution >= 4 is 5.95 Å². The number of benzene rings is 1. The predicted molar refractivity (Wildman–Crippen MR) is 54.5 cm³/mol. The van der Waals surface area contributed by atoms with Gasteiger partial charge in [-0.15, -0.1) is 0 Å². The summed E-state index contributed by atoms with van der Waals surface area (Å²) in [6.45, 7) is 0. The standard InChI is InChI=1S/C11H10N3/c12-11-13-7-6-10(14-11)8-9-4-2-1-3-5-9/h1-6H,8H2,(H2,12,13,14). The number of hydrogen-bond acceptors (Lipinski definition) is 3. The number of hydrogen-bond donors (Lipinski definition) is 1. The quantitative estimate of drug-likeness (QED) is 0.768. The van der Waals surface area contributed by atoms with Crippen molar-refractivity contribution in [3.05, 3.63) is 53.9 Å². The van der Waals surface area contributed by atoms with E-state index in [2.05, 4.69) is 28.3 Å². The van der Waals surface area contributed by atoms with Gasteiger partial charge < -0.3 is 5.73 Å². The lowest BCUT2D eigenvalue weighted by Crippen LogP contribution is -1.99. The Kier molecular flexibility index (Phi) is 2.40. The molecule has 3 heteroatoms. The van der Waals surface area contributed by atoms with E-state index in [9.17, 15) is 0 Å². The average Bonchev–Trinajstić information content (AvgIpc) is 2.19. The van der Waals surface area contributed by atoms with Gasteiger partial charge in [0.15, 0.2) is 0 Å². The first-order valence-corrected chi connectivity index (χ1v) is 4.38. The van der Waals surface area contributed by atoms with E-state index in [1.807, 2.05) is 18.2 Å². The highest BCUT2D eigenvalue weighted by atomic mass is 15.0. The fourth-order valence-corrected chi connectivity index (χ4v) is 1.27. The largest absolute Gasteiger partial charge is 0.368 e. The highest BCUT2D eigenvalue weighted by Gasteiger charge is 1.97. The topological polar surface area (TPSA) is 51.8 Å². The van der Waals surface area contributed by atoms with E-state index >= 15 is 0 Å². The summed E-state index contributed by atoms with van der Waals surface area (Å²) in [5.41, 5.74) is 7.56. The maximum Gasteiger partial charge on any atom is 0.220 e. The highest BCUT2D eigenvalue weighted by Crippen LogP contribution is 2.06. The van der Waals surface area contributed by atoms with Crippen LogP contribution in [0.1, 0.15) is 11.3 Å². The van der Waals surface area contributed by atoms with E-state index in [1.165, 1.54) is 5.56 Å². The molecule has 2 N–H and O–H groups in total. The molecule has 0 bridgehead atoms. The van der Waals surface area contributed by atoms with Crippen molar-refractivity contribution in [2.24, 2.45) is 0 Å². The molecule has 0 fully saturated rings. The first-order chi connectivity index (χ1) is 6.84. The third kappa shape index (κ3) is 2.07. The van der Waals surface area contributed by atoms with Crippen molar-refractivity contribution in [3.8, 4) is 0 Å². The molecule has 0 saturated heterocycles.